The summed E-state index contributed by atoms with van der Waals surface area (Å²) in [5, 5.41) is 5.72. The minimum Gasteiger partial charge on any atom is -0.307 e. The van der Waals surface area contributed by atoms with E-state index in [2.05, 4.69) is 25.8 Å². The zero-order chi connectivity index (χ0) is 27.1. The van der Waals surface area contributed by atoms with Gasteiger partial charge in [-0.15, -0.1) is 0 Å². The van der Waals surface area contributed by atoms with Crippen molar-refractivity contribution < 1.29 is 16.8 Å². The SMILES string of the molecule is CCS(=O)(=O)c1ccc(Cl)cc1Cn1c(=O)[nH]c2cc(CN3CCC(CS(N)(=O)=O)C3)c(Br)cc2c1=O. The molecule has 4 rings (SSSR count). The highest BCUT2D eigenvalue weighted by atomic mass is 79.9. The molecule has 0 spiro atoms. The van der Waals surface area contributed by atoms with Crippen LogP contribution in [0.2, 0.25) is 5.02 Å². The topological polar surface area (TPSA) is 152 Å². The van der Waals surface area contributed by atoms with Gasteiger partial charge in [-0.25, -0.2) is 26.8 Å². The number of nitrogens with two attached hydrogens (primary N) is 1. The van der Waals surface area contributed by atoms with Crippen LogP contribution < -0.4 is 16.4 Å². The Morgan fingerprint density at radius 1 is 1.11 bits per heavy atom. The highest BCUT2D eigenvalue weighted by molar-refractivity contribution is 9.10. The number of H-pyrrole nitrogens is 1. The van der Waals surface area contributed by atoms with Crippen molar-refractivity contribution in [2.75, 3.05) is 24.6 Å². The molecule has 2 aromatic carbocycles. The first-order chi connectivity index (χ1) is 17.3. The monoisotopic (exact) mass is 632 g/mol. The van der Waals surface area contributed by atoms with Crippen molar-refractivity contribution in [3.63, 3.8) is 0 Å². The fraction of sp³-hybridized carbons (Fsp3) is 0.391. The van der Waals surface area contributed by atoms with Gasteiger partial charge in [0, 0.05) is 22.6 Å². The van der Waals surface area contributed by atoms with Crippen molar-refractivity contribution in [2.24, 2.45) is 11.1 Å². The van der Waals surface area contributed by atoms with E-state index in [1.807, 2.05) is 0 Å². The van der Waals surface area contributed by atoms with Crippen molar-refractivity contribution in [3.05, 3.63) is 71.8 Å². The smallest absolute Gasteiger partial charge is 0.307 e. The summed E-state index contributed by atoms with van der Waals surface area (Å²) < 4.78 is 49.5. The molecule has 200 valence electrons. The normalized spacial score (nSPS) is 17.0. The molecule has 0 bridgehead atoms. The highest BCUT2D eigenvalue weighted by Crippen LogP contribution is 2.26. The van der Waals surface area contributed by atoms with E-state index in [9.17, 15) is 26.4 Å². The lowest BCUT2D eigenvalue weighted by Crippen LogP contribution is -2.36. The number of likely N-dealkylation sites (tertiary alicyclic amines) is 1. The first-order valence-corrected chi connectivity index (χ1v) is 16.0. The Balaban J connectivity index is 1.67. The predicted molar refractivity (Wildman–Crippen MR) is 146 cm³/mol. The summed E-state index contributed by atoms with van der Waals surface area (Å²) in [6.45, 7) is 3.01. The number of hydrogen-bond acceptors (Lipinski definition) is 7. The first-order valence-electron chi connectivity index (χ1n) is 11.5. The van der Waals surface area contributed by atoms with Crippen LogP contribution in [0.1, 0.15) is 24.5 Å². The molecule has 3 N–H and O–H groups in total. The van der Waals surface area contributed by atoms with E-state index in [0.29, 0.717) is 36.0 Å². The maximum Gasteiger partial charge on any atom is 0.329 e. The van der Waals surface area contributed by atoms with Crippen molar-refractivity contribution in [2.45, 2.75) is 31.3 Å². The molecule has 0 aliphatic carbocycles. The molecule has 1 aliphatic heterocycles. The Hall–Kier alpha value is -2.03. The van der Waals surface area contributed by atoms with Gasteiger partial charge in [-0.1, -0.05) is 34.5 Å². The number of aromatic amines is 1. The fourth-order valence-electron chi connectivity index (χ4n) is 4.65. The Morgan fingerprint density at radius 3 is 2.51 bits per heavy atom. The highest BCUT2D eigenvalue weighted by Gasteiger charge is 2.26. The number of nitrogens with zero attached hydrogens (tertiary/aromatic N) is 2. The van der Waals surface area contributed by atoms with Gasteiger partial charge < -0.3 is 4.98 Å². The number of nitrogens with one attached hydrogen (secondary N) is 1. The van der Waals surface area contributed by atoms with E-state index < -0.39 is 31.1 Å². The van der Waals surface area contributed by atoms with E-state index in [-0.39, 0.29) is 44.8 Å². The summed E-state index contributed by atoms with van der Waals surface area (Å²) in [5.41, 5.74) is 0.167. The van der Waals surface area contributed by atoms with E-state index in [0.717, 1.165) is 10.1 Å². The van der Waals surface area contributed by atoms with Crippen molar-refractivity contribution in [3.8, 4) is 0 Å². The maximum absolute atomic E-state index is 13.3. The summed E-state index contributed by atoms with van der Waals surface area (Å²) in [6.07, 6.45) is 0.711. The number of sulfonamides is 1. The molecule has 10 nitrogen and oxygen atoms in total. The van der Waals surface area contributed by atoms with Gasteiger partial charge in [-0.3, -0.25) is 14.3 Å². The lowest BCUT2D eigenvalue weighted by molar-refractivity contribution is 0.320. The largest absolute Gasteiger partial charge is 0.329 e. The van der Waals surface area contributed by atoms with Crippen molar-refractivity contribution >= 4 is 58.3 Å². The third-order valence-corrected chi connectivity index (χ3v) is 10.2. The third-order valence-electron chi connectivity index (χ3n) is 6.45. The standard InChI is InChI=1S/C23H26BrClN4O6S2/c1-2-36(32,33)21-4-3-17(25)7-16(21)12-29-22(30)18-9-19(24)15(8-20(18)27-23(29)31)11-28-6-5-14(10-28)13-37(26,34)35/h3-4,7-9,14H,2,5-6,10-13H2,1H3,(H,27,31)(H2,26,34,35). The minimum absolute atomic E-state index is 0.0219. The lowest BCUT2D eigenvalue weighted by Gasteiger charge is -2.18. The molecular formula is C23H26BrClN4O6S2. The van der Waals surface area contributed by atoms with Crippen LogP contribution >= 0.6 is 27.5 Å². The molecule has 1 saturated heterocycles. The van der Waals surface area contributed by atoms with Crippen LogP contribution in [-0.2, 0) is 33.0 Å². The van der Waals surface area contributed by atoms with Gasteiger partial charge in [0.05, 0.1) is 33.8 Å². The molecule has 1 unspecified atom stereocenters. The van der Waals surface area contributed by atoms with Crippen LogP contribution in [0.3, 0.4) is 0 Å². The molecule has 1 aliphatic rings. The average molecular weight is 634 g/mol. The molecule has 1 atom stereocenters. The molecule has 0 radical (unpaired) electrons. The summed E-state index contributed by atoms with van der Waals surface area (Å²) >= 11 is 9.59. The molecular weight excluding hydrogens is 608 g/mol. The minimum atomic E-state index is -3.61. The Labute approximate surface area is 227 Å². The number of fused-ring (bicyclic) bond motifs is 1. The Bertz CT molecular complexity index is 1700. The van der Waals surface area contributed by atoms with Crippen LogP contribution in [-0.4, -0.2) is 55.9 Å². The quantitative estimate of drug-likeness (QED) is 0.385. The van der Waals surface area contributed by atoms with Crippen molar-refractivity contribution in [1.29, 1.82) is 0 Å². The van der Waals surface area contributed by atoms with E-state index in [4.69, 9.17) is 16.7 Å². The van der Waals surface area contributed by atoms with Gasteiger partial charge in [0.25, 0.3) is 5.56 Å². The third kappa shape index (κ3) is 6.35. The van der Waals surface area contributed by atoms with Crippen LogP contribution in [0.5, 0.6) is 0 Å². The van der Waals surface area contributed by atoms with Gasteiger partial charge in [-0.2, -0.15) is 0 Å². The second-order valence-corrected chi connectivity index (χ2v) is 14.4. The number of sulfone groups is 1. The predicted octanol–water partition coefficient (Wildman–Crippen LogP) is 2.06. The maximum atomic E-state index is 13.3. The van der Waals surface area contributed by atoms with Crippen molar-refractivity contribution in [1.82, 2.24) is 14.5 Å². The van der Waals surface area contributed by atoms with Gasteiger partial charge in [0.2, 0.25) is 10.0 Å². The van der Waals surface area contributed by atoms with E-state index in [1.165, 1.54) is 25.1 Å². The van der Waals surface area contributed by atoms with E-state index >= 15 is 0 Å². The zero-order valence-corrected chi connectivity index (χ0v) is 23.9. The second-order valence-electron chi connectivity index (χ2n) is 9.19. The number of primary sulfonamides is 1. The number of benzene rings is 2. The van der Waals surface area contributed by atoms with Crippen LogP contribution in [0.15, 0.2) is 49.3 Å². The number of aromatic nitrogens is 2. The fourth-order valence-corrected chi connectivity index (χ4v) is 7.35. The lowest BCUT2D eigenvalue weighted by atomic mass is 10.1. The summed E-state index contributed by atoms with van der Waals surface area (Å²) in [4.78, 5) is 31.1. The van der Waals surface area contributed by atoms with Gasteiger partial charge >= 0.3 is 5.69 Å². The van der Waals surface area contributed by atoms with Crippen LogP contribution in [0, 0.1) is 5.92 Å². The number of hydrogen-bond donors (Lipinski definition) is 2. The Morgan fingerprint density at radius 2 is 1.84 bits per heavy atom. The van der Waals surface area contributed by atoms with Gasteiger partial charge in [-0.05, 0) is 60.3 Å². The molecule has 3 aromatic rings. The number of halogens is 2. The zero-order valence-electron chi connectivity index (χ0n) is 19.9. The molecule has 0 saturated carbocycles. The second kappa shape index (κ2) is 10.6. The van der Waals surface area contributed by atoms with Gasteiger partial charge in [0.15, 0.2) is 9.84 Å². The first kappa shape index (κ1) is 28.0. The molecule has 2 heterocycles. The van der Waals surface area contributed by atoms with Crippen LogP contribution in [0.25, 0.3) is 10.9 Å². The summed E-state index contributed by atoms with van der Waals surface area (Å²) in [7, 11) is -7.16. The molecule has 1 fully saturated rings. The van der Waals surface area contributed by atoms with E-state index in [1.54, 1.807) is 12.1 Å². The molecule has 1 aromatic heterocycles. The molecule has 37 heavy (non-hydrogen) atoms. The molecule has 14 heteroatoms. The summed E-state index contributed by atoms with van der Waals surface area (Å²) in [5.74, 6) is -0.252. The van der Waals surface area contributed by atoms with Crippen LogP contribution in [0.4, 0.5) is 0 Å². The molecule has 0 amide bonds. The summed E-state index contributed by atoms with van der Waals surface area (Å²) in [6, 6.07) is 7.62. The Kier molecular flexibility index (Phi) is 8.03. The number of rotatable bonds is 8. The van der Waals surface area contributed by atoms with Gasteiger partial charge in [0.1, 0.15) is 0 Å². The average Bonchev–Trinajstić information content (AvgIpc) is 3.22.